The molecule has 0 spiro atoms. The molecule has 0 radical (unpaired) electrons. The summed E-state index contributed by atoms with van der Waals surface area (Å²) in [6.07, 6.45) is 3.31. The first-order valence-corrected chi connectivity index (χ1v) is 12.5. The van der Waals surface area contributed by atoms with Gasteiger partial charge in [0.15, 0.2) is 8.07 Å². The van der Waals surface area contributed by atoms with Crippen molar-refractivity contribution in [3.05, 3.63) is 104 Å². The van der Waals surface area contributed by atoms with Crippen molar-refractivity contribution in [1.82, 2.24) is 0 Å². The molecule has 3 heteroatoms. The lowest BCUT2D eigenvalue weighted by atomic mass is 10.1. The Labute approximate surface area is 181 Å². The molecule has 0 N–H and O–H groups in total. The maximum absolute atomic E-state index is 11.9. The first kappa shape index (κ1) is 21.8. The third kappa shape index (κ3) is 4.31. The molecule has 0 saturated carbocycles. The molecule has 0 aliphatic carbocycles. The third-order valence-electron chi connectivity index (χ3n) is 6.03. The second kappa shape index (κ2) is 9.73. The number of esters is 1. The average molecular weight is 415 g/mol. The van der Waals surface area contributed by atoms with Crippen molar-refractivity contribution in [2.24, 2.45) is 0 Å². The molecular weight excluding hydrogens is 384 g/mol. The van der Waals surface area contributed by atoms with Crippen LogP contribution in [0.15, 0.2) is 104 Å². The van der Waals surface area contributed by atoms with E-state index in [4.69, 9.17) is 4.74 Å². The lowest BCUT2D eigenvalue weighted by molar-refractivity contribution is -0.138. The summed E-state index contributed by atoms with van der Waals surface area (Å²) in [6.45, 7) is 8.21. The molecule has 3 aromatic carbocycles. The monoisotopic (exact) mass is 414 g/mol. The van der Waals surface area contributed by atoms with Crippen molar-refractivity contribution in [2.45, 2.75) is 38.1 Å². The van der Waals surface area contributed by atoms with Gasteiger partial charge in [-0.3, -0.25) is 4.79 Å². The molecule has 0 saturated heterocycles. The molecule has 30 heavy (non-hydrogen) atoms. The van der Waals surface area contributed by atoms with Crippen LogP contribution in [0.4, 0.5) is 0 Å². The third-order valence-corrected chi connectivity index (χ3v) is 11.9. The molecular formula is C27H30O2Si. The van der Waals surface area contributed by atoms with Crippen LogP contribution in [0.2, 0.25) is 5.04 Å². The Morgan fingerprint density at radius 2 is 1.23 bits per heavy atom. The van der Waals surface area contributed by atoms with E-state index >= 15 is 0 Å². The Morgan fingerprint density at radius 1 is 0.833 bits per heavy atom. The van der Waals surface area contributed by atoms with Crippen molar-refractivity contribution >= 4 is 29.6 Å². The summed E-state index contributed by atoms with van der Waals surface area (Å²) in [7, 11) is -2.41. The van der Waals surface area contributed by atoms with Gasteiger partial charge in [-0.1, -0.05) is 111 Å². The minimum atomic E-state index is -2.41. The summed E-state index contributed by atoms with van der Waals surface area (Å²) in [6, 6.07) is 32.7. The second-order valence-electron chi connectivity index (χ2n) is 8.24. The van der Waals surface area contributed by atoms with Crippen molar-refractivity contribution < 1.29 is 9.53 Å². The highest BCUT2D eigenvalue weighted by Gasteiger charge is 2.51. The van der Waals surface area contributed by atoms with Gasteiger partial charge in [0.05, 0.1) is 6.26 Å². The second-order valence-corrected chi connectivity index (χ2v) is 12.8. The number of hydrogen-bond donors (Lipinski definition) is 0. The molecule has 0 bridgehead atoms. The van der Waals surface area contributed by atoms with Crippen LogP contribution >= 0.6 is 0 Å². The minimum absolute atomic E-state index is 0.0362. The van der Waals surface area contributed by atoms with E-state index in [0.717, 1.165) is 12.8 Å². The normalized spacial score (nSPS) is 11.7. The van der Waals surface area contributed by atoms with Gasteiger partial charge in [0.1, 0.15) is 0 Å². The highest BCUT2D eigenvalue weighted by molar-refractivity contribution is 7.13. The summed E-state index contributed by atoms with van der Waals surface area (Å²) in [5, 5.41) is 4.13. The predicted octanol–water partition coefficient (Wildman–Crippen LogP) is 4.79. The molecule has 0 unspecified atom stereocenters. The van der Waals surface area contributed by atoms with Gasteiger partial charge in [-0.05, 0) is 33.4 Å². The molecule has 0 aliphatic rings. The molecule has 0 heterocycles. The number of hydrogen-bond acceptors (Lipinski definition) is 2. The number of benzene rings is 3. The molecule has 154 valence electrons. The van der Waals surface area contributed by atoms with Crippen LogP contribution in [0.3, 0.4) is 0 Å². The van der Waals surface area contributed by atoms with Gasteiger partial charge in [0, 0.05) is 6.42 Å². The Morgan fingerprint density at radius 3 is 1.60 bits per heavy atom. The fourth-order valence-corrected chi connectivity index (χ4v) is 10.7. The summed E-state index contributed by atoms with van der Waals surface area (Å²) >= 11 is 0. The number of ether oxygens (including phenoxy) is 1. The molecule has 0 amide bonds. The van der Waals surface area contributed by atoms with Crippen LogP contribution in [0.25, 0.3) is 0 Å². The first-order valence-electron chi connectivity index (χ1n) is 10.5. The fourth-order valence-electron chi connectivity index (χ4n) is 4.75. The smallest absolute Gasteiger partial charge is 0.310 e. The highest BCUT2D eigenvalue weighted by atomic mass is 28.3. The van der Waals surface area contributed by atoms with E-state index in [0.29, 0.717) is 6.42 Å². The van der Waals surface area contributed by atoms with E-state index in [1.807, 2.05) is 0 Å². The van der Waals surface area contributed by atoms with Gasteiger partial charge in [0.25, 0.3) is 0 Å². The van der Waals surface area contributed by atoms with Gasteiger partial charge >= 0.3 is 5.97 Å². The van der Waals surface area contributed by atoms with E-state index in [-0.39, 0.29) is 11.0 Å². The Balaban J connectivity index is 2.15. The minimum Gasteiger partial charge on any atom is -0.435 e. The Bertz CT molecular complexity index is 853. The van der Waals surface area contributed by atoms with Gasteiger partial charge in [-0.25, -0.2) is 0 Å². The molecule has 0 aliphatic heterocycles. The van der Waals surface area contributed by atoms with Gasteiger partial charge in [0.2, 0.25) is 0 Å². The van der Waals surface area contributed by atoms with Gasteiger partial charge in [-0.15, -0.1) is 0 Å². The molecule has 0 aromatic heterocycles. The summed E-state index contributed by atoms with van der Waals surface area (Å²) < 4.78 is 4.93. The lowest BCUT2D eigenvalue weighted by Crippen LogP contribution is -2.72. The molecule has 3 rings (SSSR count). The van der Waals surface area contributed by atoms with Crippen LogP contribution in [-0.2, 0) is 9.53 Å². The summed E-state index contributed by atoms with van der Waals surface area (Å²) in [5.41, 5.74) is 0. The van der Waals surface area contributed by atoms with Gasteiger partial charge in [-0.2, -0.15) is 0 Å². The van der Waals surface area contributed by atoms with Crippen LogP contribution in [0, 0.1) is 0 Å². The molecule has 3 aromatic rings. The van der Waals surface area contributed by atoms with Crippen LogP contribution in [-0.4, -0.2) is 14.0 Å². The fraction of sp³-hybridized carbons (Fsp3) is 0.222. The highest BCUT2D eigenvalue weighted by Crippen LogP contribution is 2.41. The number of carbonyl (C=O) groups excluding carboxylic acids is 1. The zero-order valence-electron chi connectivity index (χ0n) is 17.9. The standard InChI is InChI=1S/C27H30O2Si/c1-4-29-26(28)21-14-22-27(2,3)30(23-15-8-5-9-16-23,24-17-10-6-11-18-24)25-19-12-7-13-20-25/h4-13,15-20H,1,14,21-22H2,2-3H3. The summed E-state index contributed by atoms with van der Waals surface area (Å²) in [4.78, 5) is 11.9. The van der Waals surface area contributed by atoms with Gasteiger partial charge < -0.3 is 4.74 Å². The first-order chi connectivity index (χ1) is 14.5. The van der Waals surface area contributed by atoms with E-state index in [2.05, 4.69) is 111 Å². The zero-order chi connectivity index (χ0) is 21.5. The maximum Gasteiger partial charge on any atom is 0.310 e. The van der Waals surface area contributed by atoms with E-state index in [1.165, 1.54) is 21.8 Å². The molecule has 2 nitrogen and oxygen atoms in total. The zero-order valence-corrected chi connectivity index (χ0v) is 18.9. The van der Waals surface area contributed by atoms with Crippen molar-refractivity contribution in [1.29, 1.82) is 0 Å². The van der Waals surface area contributed by atoms with E-state index in [1.54, 1.807) is 0 Å². The van der Waals surface area contributed by atoms with Crippen molar-refractivity contribution in [3.63, 3.8) is 0 Å². The van der Waals surface area contributed by atoms with E-state index in [9.17, 15) is 4.79 Å². The topological polar surface area (TPSA) is 26.3 Å². The molecule has 0 fully saturated rings. The van der Waals surface area contributed by atoms with Crippen LogP contribution in [0.5, 0.6) is 0 Å². The van der Waals surface area contributed by atoms with Crippen molar-refractivity contribution in [2.75, 3.05) is 0 Å². The van der Waals surface area contributed by atoms with Crippen molar-refractivity contribution in [3.8, 4) is 0 Å². The number of carbonyl (C=O) groups is 1. The summed E-state index contributed by atoms with van der Waals surface area (Å²) in [5.74, 6) is -0.216. The van der Waals surface area contributed by atoms with E-state index < -0.39 is 8.07 Å². The number of rotatable bonds is 9. The maximum atomic E-state index is 11.9. The quantitative estimate of drug-likeness (QED) is 0.218. The average Bonchev–Trinajstić information content (AvgIpc) is 2.76. The largest absolute Gasteiger partial charge is 0.435 e. The lowest BCUT2D eigenvalue weighted by Gasteiger charge is -2.47. The van der Waals surface area contributed by atoms with Crippen LogP contribution < -0.4 is 15.6 Å². The Hall–Kier alpha value is -2.91. The van der Waals surface area contributed by atoms with Crippen LogP contribution in [0.1, 0.15) is 33.1 Å². The Kier molecular flexibility index (Phi) is 7.06. The molecule has 0 atom stereocenters. The SMILES string of the molecule is C=COC(=O)CCCC(C)(C)[Si](c1ccccc1)(c1ccccc1)c1ccccc1. The predicted molar refractivity (Wildman–Crippen MR) is 128 cm³/mol.